The molecular formula is C15H26N2O2. The van der Waals surface area contributed by atoms with Crippen molar-refractivity contribution in [1.29, 1.82) is 0 Å². The summed E-state index contributed by atoms with van der Waals surface area (Å²) >= 11 is 0. The van der Waals surface area contributed by atoms with Crippen LogP contribution in [0.3, 0.4) is 0 Å². The van der Waals surface area contributed by atoms with Crippen LogP contribution in [0, 0.1) is 5.92 Å². The smallest absolute Gasteiger partial charge is 0.248 e. The van der Waals surface area contributed by atoms with E-state index in [0.717, 1.165) is 45.1 Å². The number of carbonyl (C=O) groups is 2. The lowest BCUT2D eigenvalue weighted by atomic mass is 9.94. The largest absolute Gasteiger partial charge is 0.342 e. The maximum Gasteiger partial charge on any atom is 0.248 e. The molecule has 1 aliphatic heterocycles. The van der Waals surface area contributed by atoms with E-state index >= 15 is 0 Å². The first-order valence-electron chi connectivity index (χ1n) is 7.71. The Morgan fingerprint density at radius 1 is 1.21 bits per heavy atom. The highest BCUT2D eigenvalue weighted by molar-refractivity contribution is 5.93. The SMILES string of the molecule is CCC(CC)CN1CCC(=O)NC2(CCCC2)C1=O. The lowest BCUT2D eigenvalue weighted by molar-refractivity contribution is -0.139. The minimum absolute atomic E-state index is 0.0438. The number of hydrogen-bond donors (Lipinski definition) is 1. The van der Waals surface area contributed by atoms with Gasteiger partial charge in [0, 0.05) is 19.5 Å². The fourth-order valence-electron chi connectivity index (χ4n) is 3.37. The second kappa shape index (κ2) is 5.93. The first-order chi connectivity index (χ1) is 9.11. The second-order valence-electron chi connectivity index (χ2n) is 6.02. The van der Waals surface area contributed by atoms with Gasteiger partial charge in [-0.3, -0.25) is 9.59 Å². The van der Waals surface area contributed by atoms with Crippen LogP contribution in [0.15, 0.2) is 0 Å². The molecular weight excluding hydrogens is 240 g/mol. The molecule has 0 unspecified atom stereocenters. The van der Waals surface area contributed by atoms with Gasteiger partial charge in [-0.25, -0.2) is 0 Å². The van der Waals surface area contributed by atoms with Crippen LogP contribution in [-0.4, -0.2) is 35.3 Å². The lowest BCUT2D eigenvalue weighted by Crippen LogP contribution is -2.55. The predicted octanol–water partition coefficient (Wildman–Crippen LogP) is 2.08. The Kier molecular flexibility index (Phi) is 4.48. The van der Waals surface area contributed by atoms with E-state index in [1.807, 2.05) is 4.90 Å². The highest BCUT2D eigenvalue weighted by Crippen LogP contribution is 2.33. The van der Waals surface area contributed by atoms with E-state index in [0.29, 0.717) is 18.9 Å². The van der Waals surface area contributed by atoms with Crippen molar-refractivity contribution in [2.24, 2.45) is 5.92 Å². The standard InChI is InChI=1S/C15H26N2O2/c1-3-12(4-2)11-17-10-7-13(18)16-15(14(17)19)8-5-6-9-15/h12H,3-11H2,1-2H3,(H,16,18). The highest BCUT2D eigenvalue weighted by atomic mass is 16.2. The monoisotopic (exact) mass is 266 g/mol. The third-order valence-corrected chi connectivity index (χ3v) is 4.77. The maximum atomic E-state index is 12.8. The van der Waals surface area contributed by atoms with Gasteiger partial charge in [0.05, 0.1) is 0 Å². The molecule has 0 atom stereocenters. The van der Waals surface area contributed by atoms with E-state index in [4.69, 9.17) is 0 Å². The summed E-state index contributed by atoms with van der Waals surface area (Å²) in [6.45, 7) is 5.74. The Labute approximate surface area is 115 Å². The van der Waals surface area contributed by atoms with Gasteiger partial charge in [0.2, 0.25) is 11.8 Å². The molecule has 2 aliphatic rings. The zero-order chi connectivity index (χ0) is 13.9. The van der Waals surface area contributed by atoms with Gasteiger partial charge in [0.15, 0.2) is 0 Å². The zero-order valence-corrected chi connectivity index (χ0v) is 12.2. The van der Waals surface area contributed by atoms with E-state index in [1.165, 1.54) is 0 Å². The van der Waals surface area contributed by atoms with Gasteiger partial charge in [-0.15, -0.1) is 0 Å². The third-order valence-electron chi connectivity index (χ3n) is 4.77. The van der Waals surface area contributed by atoms with Gasteiger partial charge >= 0.3 is 0 Å². The summed E-state index contributed by atoms with van der Waals surface area (Å²) in [5.74, 6) is 0.764. The molecule has 1 aliphatic carbocycles. The van der Waals surface area contributed by atoms with Gasteiger partial charge in [0.1, 0.15) is 5.54 Å². The lowest BCUT2D eigenvalue weighted by Gasteiger charge is -2.33. The molecule has 0 aromatic carbocycles. The Hall–Kier alpha value is -1.06. The average Bonchev–Trinajstić information content (AvgIpc) is 2.83. The predicted molar refractivity (Wildman–Crippen MR) is 74.6 cm³/mol. The van der Waals surface area contributed by atoms with Crippen molar-refractivity contribution in [2.45, 2.75) is 64.3 Å². The van der Waals surface area contributed by atoms with Crippen molar-refractivity contribution in [3.63, 3.8) is 0 Å². The minimum atomic E-state index is -0.570. The zero-order valence-electron chi connectivity index (χ0n) is 12.2. The highest BCUT2D eigenvalue weighted by Gasteiger charge is 2.46. The molecule has 1 N–H and O–H groups in total. The van der Waals surface area contributed by atoms with Crippen LogP contribution in [0.2, 0.25) is 0 Å². The van der Waals surface area contributed by atoms with Gasteiger partial charge in [-0.2, -0.15) is 0 Å². The van der Waals surface area contributed by atoms with Gasteiger partial charge in [-0.05, 0) is 18.8 Å². The summed E-state index contributed by atoms with van der Waals surface area (Å²) in [6, 6.07) is 0. The van der Waals surface area contributed by atoms with Crippen LogP contribution in [-0.2, 0) is 9.59 Å². The number of rotatable bonds is 4. The van der Waals surface area contributed by atoms with Crippen molar-refractivity contribution < 1.29 is 9.59 Å². The molecule has 0 aromatic rings. The molecule has 108 valence electrons. The molecule has 0 radical (unpaired) electrons. The van der Waals surface area contributed by atoms with E-state index in [2.05, 4.69) is 19.2 Å². The number of carbonyl (C=O) groups excluding carboxylic acids is 2. The van der Waals surface area contributed by atoms with Gasteiger partial charge < -0.3 is 10.2 Å². The van der Waals surface area contributed by atoms with Crippen LogP contribution in [0.5, 0.6) is 0 Å². The van der Waals surface area contributed by atoms with Crippen LogP contribution in [0.25, 0.3) is 0 Å². The Morgan fingerprint density at radius 3 is 2.42 bits per heavy atom. The summed E-state index contributed by atoms with van der Waals surface area (Å²) in [5, 5.41) is 3.01. The molecule has 1 heterocycles. The number of nitrogens with zero attached hydrogens (tertiary/aromatic N) is 1. The van der Waals surface area contributed by atoms with Crippen molar-refractivity contribution in [1.82, 2.24) is 10.2 Å². The Bertz CT molecular complexity index is 344. The van der Waals surface area contributed by atoms with Gasteiger partial charge in [-0.1, -0.05) is 39.5 Å². The van der Waals surface area contributed by atoms with Crippen molar-refractivity contribution >= 4 is 11.8 Å². The molecule has 1 saturated heterocycles. The Balaban J connectivity index is 2.14. The van der Waals surface area contributed by atoms with Crippen LogP contribution < -0.4 is 5.32 Å². The first-order valence-corrected chi connectivity index (χ1v) is 7.71. The molecule has 19 heavy (non-hydrogen) atoms. The summed E-state index contributed by atoms with van der Waals surface area (Å²) in [5.41, 5.74) is -0.570. The molecule has 4 heteroatoms. The summed E-state index contributed by atoms with van der Waals surface area (Å²) in [7, 11) is 0. The summed E-state index contributed by atoms with van der Waals surface area (Å²) in [6.07, 6.45) is 6.36. The topological polar surface area (TPSA) is 49.4 Å². The average molecular weight is 266 g/mol. The second-order valence-corrected chi connectivity index (χ2v) is 6.02. The molecule has 2 rings (SSSR count). The molecule has 2 fully saturated rings. The maximum absolute atomic E-state index is 12.8. The van der Waals surface area contributed by atoms with E-state index in [-0.39, 0.29) is 11.8 Å². The summed E-state index contributed by atoms with van der Waals surface area (Å²) < 4.78 is 0. The van der Waals surface area contributed by atoms with Crippen LogP contribution >= 0.6 is 0 Å². The molecule has 4 nitrogen and oxygen atoms in total. The Morgan fingerprint density at radius 2 is 1.84 bits per heavy atom. The summed E-state index contributed by atoms with van der Waals surface area (Å²) in [4.78, 5) is 26.6. The van der Waals surface area contributed by atoms with E-state index in [1.54, 1.807) is 0 Å². The van der Waals surface area contributed by atoms with Crippen molar-refractivity contribution in [3.8, 4) is 0 Å². The van der Waals surface area contributed by atoms with Crippen LogP contribution in [0.1, 0.15) is 58.8 Å². The quantitative estimate of drug-likeness (QED) is 0.847. The molecule has 1 saturated carbocycles. The van der Waals surface area contributed by atoms with Gasteiger partial charge in [0.25, 0.3) is 0 Å². The molecule has 0 aromatic heterocycles. The minimum Gasteiger partial charge on any atom is -0.342 e. The number of hydrogen-bond acceptors (Lipinski definition) is 2. The molecule has 1 spiro atoms. The van der Waals surface area contributed by atoms with E-state index in [9.17, 15) is 9.59 Å². The number of nitrogens with one attached hydrogen (secondary N) is 1. The first kappa shape index (κ1) is 14.4. The third kappa shape index (κ3) is 2.93. The molecule has 0 bridgehead atoms. The fourth-order valence-corrected chi connectivity index (χ4v) is 3.37. The van der Waals surface area contributed by atoms with Crippen LogP contribution in [0.4, 0.5) is 0 Å². The van der Waals surface area contributed by atoms with Crippen molar-refractivity contribution in [2.75, 3.05) is 13.1 Å². The van der Waals surface area contributed by atoms with E-state index < -0.39 is 5.54 Å². The molecule has 2 amide bonds. The number of amides is 2. The normalized spacial score (nSPS) is 23.0. The fraction of sp³-hybridized carbons (Fsp3) is 0.867. The van der Waals surface area contributed by atoms with Crippen molar-refractivity contribution in [3.05, 3.63) is 0 Å².